The number of para-hydroxylation sites is 1. The predicted octanol–water partition coefficient (Wildman–Crippen LogP) is 4.61. The number of hydrogen-bond donors (Lipinski definition) is 1. The van der Waals surface area contributed by atoms with Crippen molar-refractivity contribution < 1.29 is 9.21 Å². The van der Waals surface area contributed by atoms with Gasteiger partial charge in [0.2, 0.25) is 0 Å². The summed E-state index contributed by atoms with van der Waals surface area (Å²) in [5.41, 5.74) is 3.90. The number of furan rings is 1. The maximum atomic E-state index is 13.1. The van der Waals surface area contributed by atoms with E-state index in [2.05, 4.69) is 36.5 Å². The fraction of sp³-hybridized carbons (Fsp3) is 0.190. The highest BCUT2D eigenvalue weighted by Gasteiger charge is 2.33. The van der Waals surface area contributed by atoms with E-state index in [9.17, 15) is 4.79 Å². The van der Waals surface area contributed by atoms with Crippen LogP contribution >= 0.6 is 0 Å². The molecule has 1 atom stereocenters. The summed E-state index contributed by atoms with van der Waals surface area (Å²) in [5.74, 6) is 0.778. The van der Waals surface area contributed by atoms with Gasteiger partial charge in [-0.3, -0.25) is 4.79 Å². The lowest BCUT2D eigenvalue weighted by molar-refractivity contribution is 0.0651. The lowest BCUT2D eigenvalue weighted by atomic mass is 10.0. The highest BCUT2D eigenvalue weighted by molar-refractivity contribution is 6.01. The molecule has 0 aliphatic carbocycles. The number of carbonyl (C=O) groups excluding carboxylic acids is 1. The van der Waals surface area contributed by atoms with Crippen LogP contribution in [-0.2, 0) is 13.0 Å². The van der Waals surface area contributed by atoms with Crippen LogP contribution in [0.1, 0.15) is 40.3 Å². The Morgan fingerprint density at radius 3 is 2.56 bits per heavy atom. The molecule has 1 N–H and O–H groups in total. The molecule has 25 heavy (non-hydrogen) atoms. The summed E-state index contributed by atoms with van der Waals surface area (Å²) in [5, 5.41) is 3.51. The van der Waals surface area contributed by atoms with Crippen molar-refractivity contribution in [1.82, 2.24) is 4.90 Å². The van der Waals surface area contributed by atoms with Gasteiger partial charge >= 0.3 is 0 Å². The number of hydrogen-bond acceptors (Lipinski definition) is 3. The summed E-state index contributed by atoms with van der Waals surface area (Å²) in [6, 6.07) is 19.8. The first-order valence-electron chi connectivity index (χ1n) is 8.54. The number of benzene rings is 2. The second kappa shape index (κ2) is 6.48. The van der Waals surface area contributed by atoms with Crippen molar-refractivity contribution in [2.45, 2.75) is 26.1 Å². The van der Waals surface area contributed by atoms with Gasteiger partial charge in [0.25, 0.3) is 5.91 Å². The molecule has 4 nitrogen and oxygen atoms in total. The molecular formula is C21H20N2O2. The van der Waals surface area contributed by atoms with Gasteiger partial charge in [-0.15, -0.1) is 0 Å². The normalized spacial score (nSPS) is 16.4. The molecule has 0 radical (unpaired) electrons. The summed E-state index contributed by atoms with van der Waals surface area (Å²) in [4.78, 5) is 14.9. The molecule has 1 aliphatic heterocycles. The Morgan fingerprint density at radius 1 is 1.04 bits per heavy atom. The van der Waals surface area contributed by atoms with E-state index in [1.807, 2.05) is 41.3 Å². The van der Waals surface area contributed by atoms with E-state index in [-0.39, 0.29) is 12.1 Å². The van der Waals surface area contributed by atoms with Crippen LogP contribution in [0.3, 0.4) is 0 Å². The fourth-order valence-electron chi connectivity index (χ4n) is 3.23. The molecule has 2 aromatic carbocycles. The third kappa shape index (κ3) is 2.91. The topological polar surface area (TPSA) is 45.5 Å². The van der Waals surface area contributed by atoms with Crippen molar-refractivity contribution in [2.24, 2.45) is 0 Å². The van der Waals surface area contributed by atoms with Crippen molar-refractivity contribution in [3.05, 3.63) is 89.4 Å². The Bertz CT molecular complexity index is 869. The number of nitrogens with zero attached hydrogens (tertiary/aromatic N) is 1. The lowest BCUT2D eigenvalue weighted by Gasteiger charge is -2.37. The zero-order chi connectivity index (χ0) is 17.2. The minimum atomic E-state index is -0.224. The van der Waals surface area contributed by atoms with Crippen LogP contribution in [0.2, 0.25) is 0 Å². The van der Waals surface area contributed by atoms with Gasteiger partial charge in [-0.25, -0.2) is 0 Å². The Balaban J connectivity index is 1.74. The molecule has 0 bridgehead atoms. The second-order valence-corrected chi connectivity index (χ2v) is 6.20. The van der Waals surface area contributed by atoms with Crippen molar-refractivity contribution in [1.29, 1.82) is 0 Å². The molecule has 0 fully saturated rings. The van der Waals surface area contributed by atoms with Crippen LogP contribution in [0, 0.1) is 0 Å². The SMILES string of the molecule is CCc1ccc([C@H]2Nc3ccccc3C(=O)N2Cc2ccco2)cc1. The van der Waals surface area contributed by atoms with Gasteiger partial charge in [-0.2, -0.15) is 0 Å². The van der Waals surface area contributed by atoms with Crippen LogP contribution in [0.15, 0.2) is 71.3 Å². The summed E-state index contributed by atoms with van der Waals surface area (Å²) >= 11 is 0. The number of amides is 1. The number of carbonyl (C=O) groups is 1. The molecule has 0 spiro atoms. The molecule has 0 saturated carbocycles. The number of nitrogens with one attached hydrogen (secondary N) is 1. The molecule has 1 amide bonds. The van der Waals surface area contributed by atoms with Crippen molar-refractivity contribution in [2.75, 3.05) is 5.32 Å². The van der Waals surface area contributed by atoms with E-state index < -0.39 is 0 Å². The Labute approximate surface area is 147 Å². The molecule has 0 unspecified atom stereocenters. The fourth-order valence-corrected chi connectivity index (χ4v) is 3.23. The number of rotatable bonds is 4. The summed E-state index contributed by atoms with van der Waals surface area (Å²) < 4.78 is 5.47. The van der Waals surface area contributed by atoms with Gasteiger partial charge in [0.1, 0.15) is 11.9 Å². The van der Waals surface area contributed by atoms with E-state index in [0.29, 0.717) is 12.1 Å². The standard InChI is InChI=1S/C21H20N2O2/c1-2-15-9-11-16(12-10-15)20-22-19-8-4-3-7-18(19)21(24)23(20)14-17-6-5-13-25-17/h3-13,20,22H,2,14H2,1H3/t20-/m0/s1. The average molecular weight is 332 g/mol. The molecule has 1 aliphatic rings. The smallest absolute Gasteiger partial charge is 0.258 e. The van der Waals surface area contributed by atoms with Crippen molar-refractivity contribution in [3.63, 3.8) is 0 Å². The zero-order valence-electron chi connectivity index (χ0n) is 14.1. The van der Waals surface area contributed by atoms with E-state index >= 15 is 0 Å². The number of anilines is 1. The Morgan fingerprint density at radius 2 is 1.84 bits per heavy atom. The van der Waals surface area contributed by atoms with Crippen LogP contribution in [0.4, 0.5) is 5.69 Å². The summed E-state index contributed by atoms with van der Waals surface area (Å²) in [6.45, 7) is 2.56. The molecule has 3 aromatic rings. The Hall–Kier alpha value is -3.01. The number of fused-ring (bicyclic) bond motifs is 1. The summed E-state index contributed by atoms with van der Waals surface area (Å²) in [6.07, 6.45) is 2.41. The molecule has 4 rings (SSSR count). The van der Waals surface area contributed by atoms with Crippen LogP contribution in [-0.4, -0.2) is 10.8 Å². The van der Waals surface area contributed by atoms with Crippen LogP contribution < -0.4 is 5.32 Å². The zero-order valence-corrected chi connectivity index (χ0v) is 14.1. The van der Waals surface area contributed by atoms with Gasteiger partial charge in [-0.1, -0.05) is 43.3 Å². The first kappa shape index (κ1) is 15.5. The van der Waals surface area contributed by atoms with Crippen LogP contribution in [0.5, 0.6) is 0 Å². The second-order valence-electron chi connectivity index (χ2n) is 6.20. The highest BCUT2D eigenvalue weighted by Crippen LogP contribution is 2.34. The maximum Gasteiger partial charge on any atom is 0.258 e. The highest BCUT2D eigenvalue weighted by atomic mass is 16.3. The third-order valence-electron chi connectivity index (χ3n) is 4.63. The summed E-state index contributed by atoms with van der Waals surface area (Å²) in [7, 11) is 0. The van der Waals surface area contributed by atoms with Gasteiger partial charge in [0.05, 0.1) is 18.4 Å². The molecule has 0 saturated heterocycles. The van der Waals surface area contributed by atoms with Gasteiger partial charge in [0.15, 0.2) is 0 Å². The minimum absolute atomic E-state index is 0.00955. The quantitative estimate of drug-likeness (QED) is 0.759. The maximum absolute atomic E-state index is 13.1. The predicted molar refractivity (Wildman–Crippen MR) is 97.2 cm³/mol. The molecule has 1 aromatic heterocycles. The van der Waals surface area contributed by atoms with E-state index in [4.69, 9.17) is 4.42 Å². The van der Waals surface area contributed by atoms with Crippen molar-refractivity contribution in [3.8, 4) is 0 Å². The largest absolute Gasteiger partial charge is 0.467 e. The van der Waals surface area contributed by atoms with Gasteiger partial charge in [-0.05, 0) is 41.8 Å². The van der Waals surface area contributed by atoms with Crippen LogP contribution in [0.25, 0.3) is 0 Å². The lowest BCUT2D eigenvalue weighted by Crippen LogP contribution is -2.42. The monoisotopic (exact) mass is 332 g/mol. The van der Waals surface area contributed by atoms with Crippen molar-refractivity contribution >= 4 is 11.6 Å². The van der Waals surface area contributed by atoms with E-state index in [0.717, 1.165) is 23.4 Å². The molecule has 2 heterocycles. The third-order valence-corrected chi connectivity index (χ3v) is 4.63. The first-order chi connectivity index (χ1) is 12.3. The first-order valence-corrected chi connectivity index (χ1v) is 8.54. The van der Waals surface area contributed by atoms with E-state index in [1.165, 1.54) is 5.56 Å². The van der Waals surface area contributed by atoms with Gasteiger partial charge < -0.3 is 14.6 Å². The minimum Gasteiger partial charge on any atom is -0.467 e. The van der Waals surface area contributed by atoms with E-state index in [1.54, 1.807) is 6.26 Å². The van der Waals surface area contributed by atoms with Gasteiger partial charge in [0, 0.05) is 5.69 Å². The molecule has 4 heteroatoms. The Kier molecular flexibility index (Phi) is 4.02. The average Bonchev–Trinajstić information content (AvgIpc) is 3.17. The number of aryl methyl sites for hydroxylation is 1. The molecular weight excluding hydrogens is 312 g/mol. The molecule has 126 valence electrons.